The monoisotopic (exact) mass is 211 g/mol. The van der Waals surface area contributed by atoms with Crippen LogP contribution in [0.1, 0.15) is 5.69 Å². The Kier molecular flexibility index (Phi) is 2.66. The highest BCUT2D eigenvalue weighted by Gasteiger charge is 2.29. The molecular formula is C7H5ClF3NO. The molecule has 0 aliphatic carbocycles. The van der Waals surface area contributed by atoms with Crippen LogP contribution in [-0.2, 0) is 6.42 Å². The standard InChI is InChI=1S/C7H5ClF3NO/c8-4-1-6(13)5(12-3-4)2-7(9,10)11/h1,3,13H,2H2. The van der Waals surface area contributed by atoms with Crippen LogP contribution in [-0.4, -0.2) is 16.3 Å². The van der Waals surface area contributed by atoms with E-state index in [0.29, 0.717) is 0 Å². The third kappa shape index (κ3) is 3.10. The van der Waals surface area contributed by atoms with Crippen LogP contribution in [0.3, 0.4) is 0 Å². The second-order valence-corrected chi connectivity index (χ2v) is 2.85. The lowest BCUT2D eigenvalue weighted by molar-refractivity contribution is -0.128. The zero-order valence-corrected chi connectivity index (χ0v) is 7.02. The van der Waals surface area contributed by atoms with Gasteiger partial charge in [-0.1, -0.05) is 11.6 Å². The number of pyridine rings is 1. The first-order valence-electron chi connectivity index (χ1n) is 3.28. The molecule has 0 fully saturated rings. The molecule has 0 unspecified atom stereocenters. The minimum Gasteiger partial charge on any atom is -0.506 e. The number of nitrogens with zero attached hydrogens (tertiary/aromatic N) is 1. The summed E-state index contributed by atoms with van der Waals surface area (Å²) in [5.74, 6) is -0.537. The molecule has 0 bridgehead atoms. The van der Waals surface area contributed by atoms with Crippen molar-refractivity contribution in [2.24, 2.45) is 0 Å². The van der Waals surface area contributed by atoms with Gasteiger partial charge in [0.1, 0.15) is 5.75 Å². The molecule has 0 atom stereocenters. The smallest absolute Gasteiger partial charge is 0.394 e. The van der Waals surface area contributed by atoms with Crippen LogP contribution >= 0.6 is 11.6 Å². The number of aromatic hydroxyl groups is 1. The molecule has 0 radical (unpaired) electrons. The van der Waals surface area contributed by atoms with E-state index in [2.05, 4.69) is 4.98 Å². The maximum atomic E-state index is 11.8. The van der Waals surface area contributed by atoms with Crippen molar-refractivity contribution in [3.8, 4) is 5.75 Å². The quantitative estimate of drug-likeness (QED) is 0.774. The van der Waals surface area contributed by atoms with Crippen molar-refractivity contribution in [3.05, 3.63) is 23.0 Å². The minimum absolute atomic E-state index is 0.100. The van der Waals surface area contributed by atoms with Gasteiger partial charge in [-0.3, -0.25) is 4.98 Å². The molecule has 13 heavy (non-hydrogen) atoms. The van der Waals surface area contributed by atoms with E-state index in [9.17, 15) is 13.2 Å². The topological polar surface area (TPSA) is 33.1 Å². The predicted octanol–water partition coefficient (Wildman–Crippen LogP) is 2.55. The zero-order chi connectivity index (χ0) is 10.1. The second kappa shape index (κ2) is 3.41. The summed E-state index contributed by atoms with van der Waals surface area (Å²) in [4.78, 5) is 3.36. The molecular weight excluding hydrogens is 207 g/mol. The Morgan fingerprint density at radius 1 is 1.46 bits per heavy atom. The lowest BCUT2D eigenvalue weighted by Gasteiger charge is -2.06. The van der Waals surface area contributed by atoms with Crippen LogP contribution in [0.25, 0.3) is 0 Å². The Hall–Kier alpha value is -0.970. The summed E-state index contributed by atoms with van der Waals surface area (Å²) >= 11 is 5.38. The maximum Gasteiger partial charge on any atom is 0.394 e. The molecule has 0 saturated carbocycles. The number of aromatic nitrogens is 1. The van der Waals surface area contributed by atoms with Gasteiger partial charge in [-0.05, 0) is 0 Å². The number of rotatable bonds is 1. The number of hydrogen-bond acceptors (Lipinski definition) is 2. The molecule has 1 heterocycles. The molecule has 72 valence electrons. The van der Waals surface area contributed by atoms with Crippen LogP contribution < -0.4 is 0 Å². The molecule has 0 saturated heterocycles. The third-order valence-corrected chi connectivity index (χ3v) is 1.49. The lowest BCUT2D eigenvalue weighted by atomic mass is 10.2. The molecule has 0 spiro atoms. The van der Waals surface area contributed by atoms with Gasteiger partial charge in [0, 0.05) is 12.3 Å². The van der Waals surface area contributed by atoms with Crippen molar-refractivity contribution < 1.29 is 18.3 Å². The highest BCUT2D eigenvalue weighted by Crippen LogP contribution is 2.26. The van der Waals surface area contributed by atoms with E-state index in [1.807, 2.05) is 0 Å². The molecule has 0 aliphatic heterocycles. The van der Waals surface area contributed by atoms with Crippen LogP contribution in [0.4, 0.5) is 13.2 Å². The molecule has 1 aromatic heterocycles. The van der Waals surface area contributed by atoms with Crippen molar-refractivity contribution in [2.75, 3.05) is 0 Å². The zero-order valence-electron chi connectivity index (χ0n) is 6.27. The minimum atomic E-state index is -4.38. The lowest BCUT2D eigenvalue weighted by Crippen LogP contribution is -2.12. The molecule has 6 heteroatoms. The van der Waals surface area contributed by atoms with Gasteiger partial charge in [0.2, 0.25) is 0 Å². The van der Waals surface area contributed by atoms with Gasteiger partial charge in [-0.25, -0.2) is 0 Å². The van der Waals surface area contributed by atoms with Gasteiger partial charge in [-0.2, -0.15) is 13.2 Å². The normalized spacial score (nSPS) is 11.7. The van der Waals surface area contributed by atoms with E-state index in [1.165, 1.54) is 0 Å². The van der Waals surface area contributed by atoms with Gasteiger partial charge in [0.15, 0.2) is 0 Å². The van der Waals surface area contributed by atoms with Crippen molar-refractivity contribution in [2.45, 2.75) is 12.6 Å². The van der Waals surface area contributed by atoms with Crippen molar-refractivity contribution in [1.82, 2.24) is 4.98 Å². The van der Waals surface area contributed by atoms with E-state index < -0.39 is 24.0 Å². The van der Waals surface area contributed by atoms with E-state index in [1.54, 1.807) is 0 Å². The van der Waals surface area contributed by atoms with Gasteiger partial charge in [0.25, 0.3) is 0 Å². The van der Waals surface area contributed by atoms with Crippen molar-refractivity contribution in [3.63, 3.8) is 0 Å². The summed E-state index contributed by atoms with van der Waals surface area (Å²) in [5.41, 5.74) is -0.420. The Morgan fingerprint density at radius 3 is 2.54 bits per heavy atom. The summed E-state index contributed by atoms with van der Waals surface area (Å²) in [7, 11) is 0. The number of halogens is 4. The fourth-order valence-electron chi connectivity index (χ4n) is 0.783. The average molecular weight is 212 g/mol. The average Bonchev–Trinajstić information content (AvgIpc) is 1.93. The van der Waals surface area contributed by atoms with E-state index in [0.717, 1.165) is 12.3 Å². The van der Waals surface area contributed by atoms with Crippen LogP contribution in [0.2, 0.25) is 5.02 Å². The SMILES string of the molecule is Oc1cc(Cl)cnc1CC(F)(F)F. The number of alkyl halides is 3. The highest BCUT2D eigenvalue weighted by atomic mass is 35.5. The molecule has 0 aliphatic rings. The van der Waals surface area contributed by atoms with Gasteiger partial charge < -0.3 is 5.11 Å². The van der Waals surface area contributed by atoms with E-state index in [4.69, 9.17) is 16.7 Å². The molecule has 0 amide bonds. The molecule has 2 nitrogen and oxygen atoms in total. The largest absolute Gasteiger partial charge is 0.506 e. The van der Waals surface area contributed by atoms with Crippen LogP contribution in [0.5, 0.6) is 5.75 Å². The second-order valence-electron chi connectivity index (χ2n) is 2.41. The molecule has 1 rings (SSSR count). The summed E-state index contributed by atoms with van der Waals surface area (Å²) in [6.45, 7) is 0. The highest BCUT2D eigenvalue weighted by molar-refractivity contribution is 6.30. The first-order chi connectivity index (χ1) is 5.88. The Bertz CT molecular complexity index is 313. The summed E-state index contributed by atoms with van der Waals surface area (Å²) in [5, 5.41) is 9.11. The molecule has 1 N–H and O–H groups in total. The van der Waals surface area contributed by atoms with Crippen molar-refractivity contribution in [1.29, 1.82) is 0 Å². The summed E-state index contributed by atoms with van der Waals surface area (Å²) in [6.07, 6.45) is -4.57. The fraction of sp³-hybridized carbons (Fsp3) is 0.286. The Morgan fingerprint density at radius 2 is 2.08 bits per heavy atom. The summed E-state index contributed by atoms with van der Waals surface area (Å²) in [6, 6.07) is 1.02. The number of hydrogen-bond donors (Lipinski definition) is 1. The van der Waals surface area contributed by atoms with Crippen LogP contribution in [0, 0.1) is 0 Å². The Labute approximate surface area is 77.0 Å². The van der Waals surface area contributed by atoms with Gasteiger partial charge in [0.05, 0.1) is 17.1 Å². The van der Waals surface area contributed by atoms with Gasteiger partial charge in [-0.15, -0.1) is 0 Å². The van der Waals surface area contributed by atoms with Gasteiger partial charge >= 0.3 is 6.18 Å². The maximum absolute atomic E-state index is 11.8. The first-order valence-corrected chi connectivity index (χ1v) is 3.66. The third-order valence-electron chi connectivity index (χ3n) is 1.28. The van der Waals surface area contributed by atoms with Crippen molar-refractivity contribution >= 4 is 11.6 Å². The predicted molar refractivity (Wildman–Crippen MR) is 40.7 cm³/mol. The van der Waals surface area contributed by atoms with E-state index >= 15 is 0 Å². The van der Waals surface area contributed by atoms with E-state index in [-0.39, 0.29) is 5.02 Å². The Balaban J connectivity index is 2.90. The molecule has 0 aromatic carbocycles. The van der Waals surface area contributed by atoms with Crippen LogP contribution in [0.15, 0.2) is 12.3 Å². The summed E-state index contributed by atoms with van der Waals surface area (Å²) < 4.78 is 35.5. The first kappa shape index (κ1) is 10.1. The molecule has 1 aromatic rings. The fourth-order valence-corrected chi connectivity index (χ4v) is 0.935.